The second-order valence-electron chi connectivity index (χ2n) is 4.97. The minimum Gasteiger partial charge on any atom is -0.317 e. The molecule has 0 unspecified atom stereocenters. The maximum absolute atomic E-state index is 11.8. The lowest BCUT2D eigenvalue weighted by atomic mass is 10.2. The number of hydrogen-bond donors (Lipinski definition) is 2. The topological polar surface area (TPSA) is 92.3 Å². The van der Waals surface area contributed by atoms with E-state index in [1.54, 1.807) is 0 Å². The first-order valence-corrected chi connectivity index (χ1v) is 10.2. The van der Waals surface area contributed by atoms with Gasteiger partial charge in [-0.1, -0.05) is 6.92 Å². The maximum atomic E-state index is 11.8. The van der Waals surface area contributed by atoms with E-state index in [0.29, 0.717) is 25.8 Å². The van der Waals surface area contributed by atoms with Gasteiger partial charge in [-0.15, -0.1) is 0 Å². The molecule has 0 amide bonds. The highest BCUT2D eigenvalue weighted by Crippen LogP contribution is 2.13. The van der Waals surface area contributed by atoms with Crippen LogP contribution in [-0.2, 0) is 19.9 Å². The van der Waals surface area contributed by atoms with E-state index in [0.717, 1.165) is 13.0 Å². The summed E-state index contributed by atoms with van der Waals surface area (Å²) in [6.45, 7) is 3.64. The molecule has 1 heterocycles. The van der Waals surface area contributed by atoms with Crippen molar-refractivity contribution < 1.29 is 16.8 Å². The lowest BCUT2D eigenvalue weighted by Gasteiger charge is -2.22. The Labute approximate surface area is 116 Å². The van der Waals surface area contributed by atoms with Crippen molar-refractivity contribution in [1.82, 2.24) is 10.0 Å². The van der Waals surface area contributed by atoms with Gasteiger partial charge in [-0.25, -0.2) is 21.6 Å². The predicted molar refractivity (Wildman–Crippen MR) is 76.4 cm³/mol. The smallest absolute Gasteiger partial charge is 0.211 e. The van der Waals surface area contributed by atoms with E-state index in [-0.39, 0.29) is 23.3 Å². The molecule has 19 heavy (non-hydrogen) atoms. The van der Waals surface area contributed by atoms with Gasteiger partial charge in [0.1, 0.15) is 9.84 Å². The number of sulfonamides is 1. The van der Waals surface area contributed by atoms with Crippen molar-refractivity contribution in [3.05, 3.63) is 0 Å². The van der Waals surface area contributed by atoms with Gasteiger partial charge in [0.05, 0.1) is 17.3 Å². The Kier molecular flexibility index (Phi) is 6.72. The number of hydrogen-bond acceptors (Lipinski definition) is 5. The zero-order chi connectivity index (χ0) is 14.4. The minimum absolute atomic E-state index is 0.0816. The first-order chi connectivity index (χ1) is 8.85. The van der Waals surface area contributed by atoms with Crippen LogP contribution in [0.15, 0.2) is 0 Å². The van der Waals surface area contributed by atoms with Gasteiger partial charge in [0, 0.05) is 6.04 Å². The van der Waals surface area contributed by atoms with Crippen molar-refractivity contribution in [2.75, 3.05) is 30.3 Å². The summed E-state index contributed by atoms with van der Waals surface area (Å²) < 4.78 is 48.7. The van der Waals surface area contributed by atoms with Crippen molar-refractivity contribution in [2.45, 2.75) is 38.6 Å². The molecule has 1 fully saturated rings. The molecular weight excluding hydrogens is 288 g/mol. The third-order valence-electron chi connectivity index (χ3n) is 3.09. The van der Waals surface area contributed by atoms with Gasteiger partial charge in [0.2, 0.25) is 10.0 Å². The van der Waals surface area contributed by atoms with Crippen LogP contribution in [0.1, 0.15) is 32.6 Å². The number of sulfone groups is 1. The van der Waals surface area contributed by atoms with E-state index in [9.17, 15) is 16.8 Å². The molecule has 0 aliphatic carbocycles. The lowest BCUT2D eigenvalue weighted by Crippen LogP contribution is -2.42. The molecule has 0 saturated carbocycles. The molecular formula is C11H24N2O4S2. The highest BCUT2D eigenvalue weighted by atomic mass is 32.2. The van der Waals surface area contributed by atoms with Crippen LogP contribution in [-0.4, -0.2) is 53.2 Å². The third kappa shape index (κ3) is 7.24. The Balaban J connectivity index is 2.27. The second kappa shape index (κ2) is 7.56. The second-order valence-corrected chi connectivity index (χ2v) is 9.14. The Morgan fingerprint density at radius 2 is 1.79 bits per heavy atom. The molecule has 1 rings (SSSR count). The van der Waals surface area contributed by atoms with Crippen LogP contribution in [0.4, 0.5) is 0 Å². The molecule has 114 valence electrons. The largest absolute Gasteiger partial charge is 0.317 e. The van der Waals surface area contributed by atoms with Gasteiger partial charge < -0.3 is 5.32 Å². The summed E-state index contributed by atoms with van der Waals surface area (Å²) in [4.78, 5) is 0. The fraction of sp³-hybridized carbons (Fsp3) is 1.00. The Hall–Kier alpha value is -0.180. The van der Waals surface area contributed by atoms with E-state index in [2.05, 4.69) is 17.0 Å². The molecule has 8 heteroatoms. The molecule has 1 saturated heterocycles. The van der Waals surface area contributed by atoms with Gasteiger partial charge in [0.15, 0.2) is 0 Å². The molecule has 6 nitrogen and oxygen atoms in total. The van der Waals surface area contributed by atoms with Gasteiger partial charge >= 0.3 is 0 Å². The van der Waals surface area contributed by atoms with Crippen LogP contribution >= 0.6 is 0 Å². The molecule has 0 spiro atoms. The summed E-state index contributed by atoms with van der Waals surface area (Å²) in [5, 5.41) is 3.15. The third-order valence-corrected chi connectivity index (χ3v) is 6.33. The van der Waals surface area contributed by atoms with Gasteiger partial charge in [-0.05, 0) is 38.8 Å². The minimum atomic E-state index is -3.29. The van der Waals surface area contributed by atoms with E-state index < -0.39 is 19.9 Å². The molecule has 2 N–H and O–H groups in total. The molecule has 0 radical (unpaired) electrons. The summed E-state index contributed by atoms with van der Waals surface area (Å²) in [6, 6.07) is -0.225. The first kappa shape index (κ1) is 16.9. The first-order valence-electron chi connectivity index (χ1n) is 6.76. The van der Waals surface area contributed by atoms with E-state index >= 15 is 0 Å². The van der Waals surface area contributed by atoms with Crippen LogP contribution in [0.25, 0.3) is 0 Å². The standard InChI is InChI=1S/C11H24N2O4S2/c1-2-6-12-7-3-8-19(16,17)13-11-4-9-18(14,15)10-5-11/h11-13H,2-10H2,1H3. The summed E-state index contributed by atoms with van der Waals surface area (Å²) >= 11 is 0. The summed E-state index contributed by atoms with van der Waals surface area (Å²) in [6.07, 6.45) is 2.37. The average Bonchev–Trinajstić information content (AvgIpc) is 2.31. The summed E-state index contributed by atoms with van der Waals surface area (Å²) in [7, 11) is -6.23. The van der Waals surface area contributed by atoms with Crippen molar-refractivity contribution in [2.24, 2.45) is 0 Å². The molecule has 1 aliphatic rings. The fourth-order valence-corrected chi connectivity index (χ4v) is 4.89. The van der Waals surface area contributed by atoms with Crippen LogP contribution in [0.3, 0.4) is 0 Å². The Morgan fingerprint density at radius 1 is 1.16 bits per heavy atom. The van der Waals surface area contributed by atoms with Crippen molar-refractivity contribution >= 4 is 19.9 Å². The Bertz CT molecular complexity index is 445. The van der Waals surface area contributed by atoms with E-state index in [4.69, 9.17) is 0 Å². The lowest BCUT2D eigenvalue weighted by molar-refractivity contribution is 0.504. The van der Waals surface area contributed by atoms with Gasteiger partial charge in [-0.2, -0.15) is 0 Å². The molecule has 0 atom stereocenters. The predicted octanol–water partition coefficient (Wildman–Crippen LogP) is -0.127. The van der Waals surface area contributed by atoms with Crippen molar-refractivity contribution in [1.29, 1.82) is 0 Å². The number of rotatable bonds is 8. The summed E-state index contributed by atoms with van der Waals surface area (Å²) in [5.41, 5.74) is 0. The SMILES string of the molecule is CCCNCCCS(=O)(=O)NC1CCS(=O)(=O)CC1. The zero-order valence-corrected chi connectivity index (χ0v) is 13.0. The summed E-state index contributed by atoms with van der Waals surface area (Å²) in [5.74, 6) is 0.253. The monoisotopic (exact) mass is 312 g/mol. The zero-order valence-electron chi connectivity index (χ0n) is 11.4. The van der Waals surface area contributed by atoms with Crippen LogP contribution < -0.4 is 10.0 Å². The molecule has 0 aromatic heterocycles. The van der Waals surface area contributed by atoms with Crippen molar-refractivity contribution in [3.63, 3.8) is 0 Å². The molecule has 0 aromatic carbocycles. The quantitative estimate of drug-likeness (QED) is 0.609. The highest BCUT2D eigenvalue weighted by Gasteiger charge is 2.26. The number of nitrogens with one attached hydrogen (secondary N) is 2. The van der Waals surface area contributed by atoms with Crippen LogP contribution in [0, 0.1) is 0 Å². The van der Waals surface area contributed by atoms with E-state index in [1.165, 1.54) is 0 Å². The van der Waals surface area contributed by atoms with Gasteiger partial charge in [0.25, 0.3) is 0 Å². The molecule has 0 aromatic rings. The van der Waals surface area contributed by atoms with Crippen LogP contribution in [0.5, 0.6) is 0 Å². The van der Waals surface area contributed by atoms with Crippen LogP contribution in [0.2, 0.25) is 0 Å². The molecule has 1 aliphatic heterocycles. The normalized spacial score (nSPS) is 20.5. The van der Waals surface area contributed by atoms with Crippen molar-refractivity contribution in [3.8, 4) is 0 Å². The van der Waals surface area contributed by atoms with Gasteiger partial charge in [-0.3, -0.25) is 0 Å². The maximum Gasteiger partial charge on any atom is 0.211 e. The highest BCUT2D eigenvalue weighted by molar-refractivity contribution is 7.91. The average molecular weight is 312 g/mol. The van der Waals surface area contributed by atoms with E-state index in [1.807, 2.05) is 0 Å². The Morgan fingerprint density at radius 3 is 2.37 bits per heavy atom. The fourth-order valence-electron chi connectivity index (χ4n) is 2.01. The molecule has 0 bridgehead atoms.